The van der Waals surface area contributed by atoms with Crippen LogP contribution in [0.1, 0.15) is 59.6 Å². The number of anilines is 1. The van der Waals surface area contributed by atoms with Crippen molar-refractivity contribution in [1.29, 1.82) is 0 Å². The zero-order valence-corrected chi connectivity index (χ0v) is 23.1. The van der Waals surface area contributed by atoms with Crippen molar-refractivity contribution >= 4 is 28.0 Å². The molecule has 0 spiro atoms. The van der Waals surface area contributed by atoms with Gasteiger partial charge in [-0.25, -0.2) is 9.59 Å². The topological polar surface area (TPSA) is 106 Å². The number of carbonyl (C=O) groups is 2. The van der Waals surface area contributed by atoms with Crippen molar-refractivity contribution in [2.45, 2.75) is 71.3 Å². The normalized spacial score (nSPS) is 21.5. The number of rotatable bonds is 4. The molecule has 2 amide bonds. The van der Waals surface area contributed by atoms with Gasteiger partial charge >= 0.3 is 12.2 Å². The Kier molecular flexibility index (Phi) is 8.14. The number of benzene rings is 1. The van der Waals surface area contributed by atoms with Crippen LogP contribution in [0.25, 0.3) is 0 Å². The second-order valence-corrected chi connectivity index (χ2v) is 13.0. The maximum Gasteiger partial charge on any atom is 0.410 e. The highest BCUT2D eigenvalue weighted by Gasteiger charge is 2.37. The van der Waals surface area contributed by atoms with Gasteiger partial charge in [-0.1, -0.05) is 12.1 Å². The Morgan fingerprint density at radius 1 is 0.861 bits per heavy atom. The van der Waals surface area contributed by atoms with Crippen LogP contribution in [0.15, 0.2) is 24.3 Å². The first kappa shape index (κ1) is 28.0. The Morgan fingerprint density at radius 2 is 1.44 bits per heavy atom. The monoisotopic (exact) mass is 525 g/mol. The van der Waals surface area contributed by atoms with E-state index in [1.165, 1.54) is 0 Å². The molecule has 1 aromatic carbocycles. The molecule has 0 saturated carbocycles. The highest BCUT2D eigenvalue weighted by molar-refractivity contribution is 7.86. The van der Waals surface area contributed by atoms with Crippen molar-refractivity contribution in [2.24, 2.45) is 0 Å². The average Bonchev–Trinajstić information content (AvgIpc) is 3.17. The van der Waals surface area contributed by atoms with Gasteiger partial charge < -0.3 is 19.3 Å². The van der Waals surface area contributed by atoms with Crippen LogP contribution in [0.2, 0.25) is 0 Å². The Hall–Kier alpha value is -2.53. The molecule has 11 heteroatoms. The van der Waals surface area contributed by atoms with Crippen LogP contribution in [0.3, 0.4) is 0 Å². The van der Waals surface area contributed by atoms with Gasteiger partial charge in [0.2, 0.25) is 0 Å². The van der Waals surface area contributed by atoms with Gasteiger partial charge in [-0.2, -0.15) is 8.42 Å². The predicted octanol–water partition coefficient (Wildman–Crippen LogP) is 3.77. The molecule has 2 aliphatic rings. The summed E-state index contributed by atoms with van der Waals surface area (Å²) in [5, 5.41) is 0. The van der Waals surface area contributed by atoms with E-state index >= 15 is 0 Å². The molecule has 0 N–H and O–H groups in total. The van der Waals surface area contributed by atoms with E-state index in [9.17, 15) is 18.0 Å². The first-order chi connectivity index (χ1) is 16.5. The molecular formula is C25H39N3O7S. The SMILES string of the molecule is CC(C)(C)OC(=O)N1CCN(C(=O)OC(C)(C)C)[C@@H](c2ccc(N3CC[C@@H](OS(C)(=O)=O)C3)cc2)C1. The van der Waals surface area contributed by atoms with E-state index in [2.05, 4.69) is 4.90 Å². The fraction of sp³-hybridized carbons (Fsp3) is 0.680. The summed E-state index contributed by atoms with van der Waals surface area (Å²) >= 11 is 0. The molecule has 0 aliphatic carbocycles. The summed E-state index contributed by atoms with van der Waals surface area (Å²) in [7, 11) is -3.50. The smallest absolute Gasteiger partial charge is 0.410 e. The van der Waals surface area contributed by atoms with Crippen LogP contribution in [-0.4, -0.2) is 86.7 Å². The largest absolute Gasteiger partial charge is 0.444 e. The van der Waals surface area contributed by atoms with E-state index in [0.29, 0.717) is 32.6 Å². The zero-order chi connectivity index (χ0) is 26.9. The van der Waals surface area contributed by atoms with Crippen LogP contribution < -0.4 is 4.90 Å². The number of hydrogen-bond donors (Lipinski definition) is 0. The molecule has 2 heterocycles. The molecule has 0 aromatic heterocycles. The summed E-state index contributed by atoms with van der Waals surface area (Å²) in [6.45, 7) is 13.0. The lowest BCUT2D eigenvalue weighted by molar-refractivity contribution is -0.0152. The van der Waals surface area contributed by atoms with E-state index in [4.69, 9.17) is 13.7 Å². The summed E-state index contributed by atoms with van der Waals surface area (Å²) in [6, 6.07) is 7.34. The van der Waals surface area contributed by atoms with E-state index in [-0.39, 0.29) is 12.6 Å². The minimum Gasteiger partial charge on any atom is -0.444 e. The summed E-state index contributed by atoms with van der Waals surface area (Å²) in [5.41, 5.74) is 0.530. The Bertz CT molecular complexity index is 1040. The van der Waals surface area contributed by atoms with Crippen molar-refractivity contribution < 1.29 is 31.7 Å². The molecule has 10 nitrogen and oxygen atoms in total. The molecule has 0 unspecified atom stereocenters. The molecule has 2 atom stereocenters. The van der Waals surface area contributed by atoms with Crippen molar-refractivity contribution in [3.05, 3.63) is 29.8 Å². The van der Waals surface area contributed by atoms with E-state index < -0.39 is 39.5 Å². The lowest BCUT2D eigenvalue weighted by Gasteiger charge is -2.42. The highest BCUT2D eigenvalue weighted by atomic mass is 32.2. The average molecular weight is 526 g/mol. The minimum absolute atomic E-state index is 0.279. The molecule has 0 bridgehead atoms. The molecule has 2 fully saturated rings. The van der Waals surface area contributed by atoms with Gasteiger partial charge in [0.15, 0.2) is 0 Å². The molecule has 3 rings (SSSR count). The van der Waals surface area contributed by atoms with Crippen LogP contribution >= 0.6 is 0 Å². The van der Waals surface area contributed by atoms with Crippen LogP contribution in [0, 0.1) is 0 Å². The first-order valence-electron chi connectivity index (χ1n) is 12.2. The lowest BCUT2D eigenvalue weighted by atomic mass is 10.0. The van der Waals surface area contributed by atoms with Gasteiger partial charge in [0, 0.05) is 38.4 Å². The van der Waals surface area contributed by atoms with Gasteiger partial charge in [0.05, 0.1) is 18.4 Å². The maximum atomic E-state index is 13.0. The zero-order valence-electron chi connectivity index (χ0n) is 22.3. The second kappa shape index (κ2) is 10.5. The van der Waals surface area contributed by atoms with Crippen LogP contribution in [-0.2, 0) is 23.8 Å². The summed E-state index contributed by atoms with van der Waals surface area (Å²) in [5.74, 6) is 0. The Balaban J connectivity index is 1.78. The maximum absolute atomic E-state index is 13.0. The molecule has 0 radical (unpaired) electrons. The number of piperazine rings is 1. The summed E-state index contributed by atoms with van der Waals surface area (Å²) < 4.78 is 39.3. The van der Waals surface area contributed by atoms with Gasteiger partial charge in [-0.05, 0) is 65.7 Å². The predicted molar refractivity (Wildman–Crippen MR) is 136 cm³/mol. The molecule has 2 aliphatic heterocycles. The Morgan fingerprint density at radius 3 is 2.00 bits per heavy atom. The molecule has 2 saturated heterocycles. The quantitative estimate of drug-likeness (QED) is 0.547. The third-order valence-corrected chi connectivity index (χ3v) is 6.38. The number of hydrogen-bond acceptors (Lipinski definition) is 8. The van der Waals surface area contributed by atoms with Gasteiger partial charge in [0.25, 0.3) is 10.1 Å². The highest BCUT2D eigenvalue weighted by Crippen LogP contribution is 2.31. The Labute approximate surface area is 214 Å². The molecular weight excluding hydrogens is 486 g/mol. The second-order valence-electron chi connectivity index (χ2n) is 11.4. The van der Waals surface area contributed by atoms with Crippen LogP contribution in [0.5, 0.6) is 0 Å². The van der Waals surface area contributed by atoms with Crippen molar-refractivity contribution in [2.75, 3.05) is 43.9 Å². The minimum atomic E-state index is -3.50. The lowest BCUT2D eigenvalue weighted by Crippen LogP contribution is -2.54. The van der Waals surface area contributed by atoms with E-state index in [0.717, 1.165) is 17.5 Å². The van der Waals surface area contributed by atoms with Gasteiger partial charge in [-0.3, -0.25) is 9.08 Å². The standard InChI is InChI=1S/C25H39N3O7S/c1-24(2,3)33-22(29)27-14-15-28(23(30)34-25(4,5)6)21(17-27)18-8-10-19(11-9-18)26-13-12-20(16-26)35-36(7,31)32/h8-11,20-21H,12-17H2,1-7H3/t20-,21-/m1/s1. The number of carbonyl (C=O) groups excluding carboxylic acids is 2. The molecule has 36 heavy (non-hydrogen) atoms. The number of amides is 2. The van der Waals surface area contributed by atoms with Crippen molar-refractivity contribution in [3.8, 4) is 0 Å². The van der Waals surface area contributed by atoms with E-state index in [1.807, 2.05) is 65.8 Å². The summed E-state index contributed by atoms with van der Waals surface area (Å²) in [4.78, 5) is 31.1. The first-order valence-corrected chi connectivity index (χ1v) is 14.0. The summed E-state index contributed by atoms with van der Waals surface area (Å²) in [6.07, 6.45) is 0.464. The van der Waals surface area contributed by atoms with Crippen molar-refractivity contribution in [1.82, 2.24) is 9.80 Å². The van der Waals surface area contributed by atoms with Crippen molar-refractivity contribution in [3.63, 3.8) is 0 Å². The fourth-order valence-corrected chi connectivity index (χ4v) is 4.95. The molecule has 1 aromatic rings. The van der Waals surface area contributed by atoms with E-state index in [1.54, 1.807) is 9.80 Å². The number of nitrogens with zero attached hydrogens (tertiary/aromatic N) is 3. The third kappa shape index (κ3) is 7.99. The van der Waals surface area contributed by atoms with Gasteiger partial charge in [-0.15, -0.1) is 0 Å². The van der Waals surface area contributed by atoms with Crippen LogP contribution in [0.4, 0.5) is 15.3 Å². The van der Waals surface area contributed by atoms with Gasteiger partial charge in [0.1, 0.15) is 11.2 Å². The third-order valence-electron chi connectivity index (χ3n) is 5.76. The fourth-order valence-electron chi connectivity index (χ4n) is 4.30. The molecule has 202 valence electrons. The number of ether oxygens (including phenoxy) is 2.